The third kappa shape index (κ3) is 3.26. The monoisotopic (exact) mass is 241 g/mol. The maximum absolute atomic E-state index is 5.45. The second-order valence-electron chi connectivity index (χ2n) is 4.45. The lowest BCUT2D eigenvalue weighted by atomic mass is 10.0. The van der Waals surface area contributed by atoms with Crippen LogP contribution < -0.4 is 5.32 Å². The fourth-order valence-electron chi connectivity index (χ4n) is 1.49. The highest BCUT2D eigenvalue weighted by Crippen LogP contribution is 2.26. The van der Waals surface area contributed by atoms with E-state index in [1.165, 1.54) is 0 Å². The van der Waals surface area contributed by atoms with Gasteiger partial charge >= 0.3 is 0 Å². The summed E-state index contributed by atoms with van der Waals surface area (Å²) in [5.41, 5.74) is -0.459. The van der Waals surface area contributed by atoms with E-state index < -0.39 is 5.60 Å². The van der Waals surface area contributed by atoms with E-state index in [1.54, 1.807) is 7.11 Å². The summed E-state index contributed by atoms with van der Waals surface area (Å²) >= 11 is 0. The van der Waals surface area contributed by atoms with Gasteiger partial charge in [-0.25, -0.2) is 0 Å². The number of nitrogens with one attached hydrogen (secondary N) is 1. The van der Waals surface area contributed by atoms with Crippen LogP contribution in [-0.2, 0) is 10.3 Å². The van der Waals surface area contributed by atoms with Crippen molar-refractivity contribution in [2.75, 3.05) is 20.2 Å². The summed E-state index contributed by atoms with van der Waals surface area (Å²) in [6.45, 7) is 9.93. The molecule has 0 aromatic carbocycles. The number of hydrogen-bond acceptors (Lipinski definition) is 5. The summed E-state index contributed by atoms with van der Waals surface area (Å²) in [5.74, 6) is 1.51. The van der Waals surface area contributed by atoms with E-state index in [0.29, 0.717) is 11.7 Å². The van der Waals surface area contributed by atoms with Crippen LogP contribution in [0.4, 0.5) is 0 Å². The zero-order valence-corrected chi connectivity index (χ0v) is 11.4. The van der Waals surface area contributed by atoms with E-state index in [4.69, 9.17) is 9.26 Å². The average molecular weight is 241 g/mol. The first-order chi connectivity index (χ1) is 8.07. The van der Waals surface area contributed by atoms with Gasteiger partial charge in [-0.15, -0.1) is 0 Å². The van der Waals surface area contributed by atoms with Crippen molar-refractivity contribution in [3.8, 4) is 0 Å². The summed E-state index contributed by atoms with van der Waals surface area (Å²) in [6, 6.07) is 0. The molecule has 0 aliphatic heterocycles. The Morgan fingerprint density at radius 1 is 1.47 bits per heavy atom. The molecule has 1 rings (SSSR count). The van der Waals surface area contributed by atoms with Gasteiger partial charge in [0.15, 0.2) is 0 Å². The van der Waals surface area contributed by atoms with Crippen molar-refractivity contribution in [1.29, 1.82) is 0 Å². The summed E-state index contributed by atoms with van der Waals surface area (Å²) in [5, 5.41) is 7.28. The number of ether oxygens (including phenoxy) is 1. The van der Waals surface area contributed by atoms with E-state index in [0.717, 1.165) is 19.5 Å². The second kappa shape index (κ2) is 6.12. The number of rotatable bonds is 7. The SMILES string of the molecule is CCNCC(C)c1nc(C(C)(CC)OC)no1. The molecule has 0 aliphatic carbocycles. The second-order valence-corrected chi connectivity index (χ2v) is 4.45. The van der Waals surface area contributed by atoms with Gasteiger partial charge in [-0.1, -0.05) is 25.9 Å². The first kappa shape index (κ1) is 14.1. The third-order valence-corrected chi connectivity index (χ3v) is 3.16. The van der Waals surface area contributed by atoms with Gasteiger partial charge < -0.3 is 14.6 Å². The highest BCUT2D eigenvalue weighted by molar-refractivity contribution is 5.01. The molecule has 0 amide bonds. The van der Waals surface area contributed by atoms with Crippen molar-refractivity contribution < 1.29 is 9.26 Å². The number of likely N-dealkylation sites (N-methyl/N-ethyl adjacent to an activating group) is 1. The Morgan fingerprint density at radius 2 is 2.18 bits per heavy atom. The first-order valence-electron chi connectivity index (χ1n) is 6.17. The fourth-order valence-corrected chi connectivity index (χ4v) is 1.49. The molecule has 1 aromatic rings. The van der Waals surface area contributed by atoms with E-state index >= 15 is 0 Å². The minimum Gasteiger partial charge on any atom is -0.370 e. The van der Waals surface area contributed by atoms with Gasteiger partial charge in [-0.3, -0.25) is 0 Å². The van der Waals surface area contributed by atoms with Crippen molar-refractivity contribution in [2.24, 2.45) is 0 Å². The van der Waals surface area contributed by atoms with Crippen molar-refractivity contribution in [3.63, 3.8) is 0 Å². The van der Waals surface area contributed by atoms with E-state index in [-0.39, 0.29) is 5.92 Å². The molecule has 1 aromatic heterocycles. The predicted octanol–water partition coefficient (Wildman–Crippen LogP) is 2.05. The molecular formula is C12H23N3O2. The lowest BCUT2D eigenvalue weighted by molar-refractivity contribution is -0.0106. The van der Waals surface area contributed by atoms with Crippen LogP contribution >= 0.6 is 0 Å². The lowest BCUT2D eigenvalue weighted by Gasteiger charge is -2.21. The lowest BCUT2D eigenvalue weighted by Crippen LogP contribution is -2.25. The standard InChI is InChI=1S/C12H23N3O2/c1-6-12(4,16-5)11-14-10(17-15-11)9(3)8-13-7-2/h9,13H,6-8H2,1-5H3. The van der Waals surface area contributed by atoms with Gasteiger partial charge in [0.05, 0.1) is 0 Å². The zero-order chi connectivity index (χ0) is 12.9. The van der Waals surface area contributed by atoms with E-state index in [9.17, 15) is 0 Å². The van der Waals surface area contributed by atoms with Crippen molar-refractivity contribution in [1.82, 2.24) is 15.5 Å². The number of methoxy groups -OCH3 is 1. The molecule has 5 nitrogen and oxygen atoms in total. The van der Waals surface area contributed by atoms with Crippen LogP contribution in [0.2, 0.25) is 0 Å². The Bertz CT molecular complexity index is 334. The Morgan fingerprint density at radius 3 is 2.71 bits per heavy atom. The molecule has 2 unspecified atom stereocenters. The minimum atomic E-state index is -0.459. The molecule has 0 spiro atoms. The Balaban J connectivity index is 2.77. The van der Waals surface area contributed by atoms with E-state index in [1.807, 2.05) is 13.8 Å². The van der Waals surface area contributed by atoms with Gasteiger partial charge in [0.1, 0.15) is 5.60 Å². The molecule has 17 heavy (non-hydrogen) atoms. The highest BCUT2D eigenvalue weighted by atomic mass is 16.5. The van der Waals surface area contributed by atoms with Crippen LogP contribution in [0.5, 0.6) is 0 Å². The Kier molecular flexibility index (Phi) is 5.08. The van der Waals surface area contributed by atoms with Crippen molar-refractivity contribution >= 4 is 0 Å². The molecule has 1 N–H and O–H groups in total. The van der Waals surface area contributed by atoms with Crippen LogP contribution in [0.3, 0.4) is 0 Å². The molecule has 2 atom stereocenters. The molecule has 98 valence electrons. The molecule has 0 radical (unpaired) electrons. The third-order valence-electron chi connectivity index (χ3n) is 3.16. The average Bonchev–Trinajstić information content (AvgIpc) is 2.85. The fraction of sp³-hybridized carbons (Fsp3) is 0.833. The summed E-state index contributed by atoms with van der Waals surface area (Å²) < 4.78 is 10.7. The van der Waals surface area contributed by atoms with E-state index in [2.05, 4.69) is 29.3 Å². The summed E-state index contributed by atoms with van der Waals surface area (Å²) in [6.07, 6.45) is 0.810. The molecule has 0 fully saturated rings. The van der Waals surface area contributed by atoms with Gasteiger partial charge in [-0.05, 0) is 19.9 Å². The van der Waals surface area contributed by atoms with Gasteiger partial charge in [0.25, 0.3) is 0 Å². The Labute approximate surface area is 103 Å². The van der Waals surface area contributed by atoms with Gasteiger partial charge in [0, 0.05) is 19.6 Å². The van der Waals surface area contributed by atoms with Crippen molar-refractivity contribution in [2.45, 2.75) is 45.6 Å². The molecule has 0 saturated carbocycles. The predicted molar refractivity (Wildman–Crippen MR) is 65.9 cm³/mol. The van der Waals surface area contributed by atoms with Gasteiger partial charge in [0.2, 0.25) is 11.7 Å². The number of nitrogens with zero attached hydrogens (tertiary/aromatic N) is 2. The quantitative estimate of drug-likeness (QED) is 0.791. The van der Waals surface area contributed by atoms with Crippen LogP contribution in [0, 0.1) is 0 Å². The molecule has 0 bridgehead atoms. The van der Waals surface area contributed by atoms with Crippen molar-refractivity contribution in [3.05, 3.63) is 11.7 Å². The number of hydrogen-bond donors (Lipinski definition) is 1. The normalized spacial score (nSPS) is 16.8. The number of aromatic nitrogens is 2. The Hall–Kier alpha value is -0.940. The summed E-state index contributed by atoms with van der Waals surface area (Å²) in [7, 11) is 1.67. The van der Waals surface area contributed by atoms with Gasteiger partial charge in [-0.2, -0.15) is 4.98 Å². The maximum Gasteiger partial charge on any atom is 0.230 e. The van der Waals surface area contributed by atoms with Crippen LogP contribution in [-0.4, -0.2) is 30.3 Å². The first-order valence-corrected chi connectivity index (χ1v) is 6.17. The maximum atomic E-state index is 5.45. The van der Waals surface area contributed by atoms with Crippen LogP contribution in [0.1, 0.15) is 51.7 Å². The summed E-state index contributed by atoms with van der Waals surface area (Å²) in [4.78, 5) is 4.43. The molecular weight excluding hydrogens is 218 g/mol. The largest absolute Gasteiger partial charge is 0.370 e. The smallest absolute Gasteiger partial charge is 0.230 e. The van der Waals surface area contributed by atoms with Crippen LogP contribution in [0.25, 0.3) is 0 Å². The topological polar surface area (TPSA) is 60.2 Å². The zero-order valence-electron chi connectivity index (χ0n) is 11.4. The molecule has 5 heteroatoms. The molecule has 1 heterocycles. The van der Waals surface area contributed by atoms with Crippen LogP contribution in [0.15, 0.2) is 4.52 Å². The molecule has 0 aliphatic rings. The minimum absolute atomic E-state index is 0.217. The highest BCUT2D eigenvalue weighted by Gasteiger charge is 2.30. The molecule has 0 saturated heterocycles.